The summed E-state index contributed by atoms with van der Waals surface area (Å²) in [6, 6.07) is 19.6. The van der Waals surface area contributed by atoms with E-state index < -0.39 is 15.7 Å². The van der Waals surface area contributed by atoms with Crippen LogP contribution in [-0.4, -0.2) is 78.9 Å². The van der Waals surface area contributed by atoms with E-state index in [0.717, 1.165) is 52.1 Å². The number of para-hydroxylation sites is 1. The summed E-state index contributed by atoms with van der Waals surface area (Å²) in [7, 11) is 0.738. The fourth-order valence-electron chi connectivity index (χ4n) is 5.91. The van der Waals surface area contributed by atoms with Gasteiger partial charge in [-0.3, -0.25) is 4.79 Å². The van der Waals surface area contributed by atoms with E-state index in [2.05, 4.69) is 11.9 Å². The van der Waals surface area contributed by atoms with Crippen LogP contribution in [0.3, 0.4) is 0 Å². The number of furan rings is 1. The second-order valence-corrected chi connectivity index (χ2v) is 14.4. The minimum atomic E-state index is -1.33. The number of piperazine rings is 1. The Labute approximate surface area is 249 Å². The first-order valence-electron chi connectivity index (χ1n) is 14.5. The van der Waals surface area contributed by atoms with Crippen LogP contribution in [0.25, 0.3) is 33.6 Å². The molecule has 0 radical (unpaired) electrons. The molecule has 0 bridgehead atoms. The van der Waals surface area contributed by atoms with E-state index in [9.17, 15) is 14.1 Å². The highest BCUT2D eigenvalue weighted by molar-refractivity contribution is 7.84. The van der Waals surface area contributed by atoms with E-state index in [1.165, 1.54) is 0 Å². The molecule has 1 amide bonds. The Bertz CT molecular complexity index is 1620. The molecule has 1 fully saturated rings. The van der Waals surface area contributed by atoms with Gasteiger partial charge in [0.1, 0.15) is 28.0 Å². The Morgan fingerprint density at radius 2 is 1.76 bits per heavy atom. The fraction of sp³-hybridized carbons (Fsp3) is 0.394. The Morgan fingerprint density at radius 3 is 2.48 bits per heavy atom. The van der Waals surface area contributed by atoms with Crippen LogP contribution in [0.5, 0.6) is 0 Å². The highest BCUT2D eigenvalue weighted by Gasteiger charge is 2.40. The number of hydrogen-bond acceptors (Lipinski definition) is 6. The Morgan fingerprint density at radius 1 is 1.02 bits per heavy atom. The summed E-state index contributed by atoms with van der Waals surface area (Å²) in [6.45, 7) is 9.19. The van der Waals surface area contributed by atoms with Crippen molar-refractivity contribution in [3.63, 3.8) is 0 Å². The van der Waals surface area contributed by atoms with E-state index in [1.807, 2.05) is 90.6 Å². The number of amides is 1. The SMILES string of the molecule is CN1CCN(C(=O)c2cc3c(c(-c4cccc(-c5cc6ccccc6o5)c4)n2)[C@H](CCO)N(S(=O)C(C)(C)C)C3)CC1. The van der Waals surface area contributed by atoms with Crippen molar-refractivity contribution in [3.8, 4) is 22.6 Å². The van der Waals surface area contributed by atoms with Crippen molar-refractivity contribution in [2.75, 3.05) is 39.8 Å². The second-order valence-electron chi connectivity index (χ2n) is 12.2. The van der Waals surface area contributed by atoms with Gasteiger partial charge in [-0.05, 0) is 64.1 Å². The quantitative estimate of drug-likeness (QED) is 0.332. The molecule has 220 valence electrons. The zero-order valence-corrected chi connectivity index (χ0v) is 25.5. The smallest absolute Gasteiger partial charge is 0.272 e. The molecule has 0 aliphatic carbocycles. The molecule has 6 rings (SSSR count). The molecule has 2 aliphatic rings. The van der Waals surface area contributed by atoms with Crippen molar-refractivity contribution in [2.45, 2.75) is 44.5 Å². The topological polar surface area (TPSA) is 90.1 Å². The lowest BCUT2D eigenvalue weighted by Crippen LogP contribution is -2.47. The molecular formula is C33H38N4O4S. The van der Waals surface area contributed by atoms with Gasteiger partial charge in [0, 0.05) is 61.4 Å². The Hall–Kier alpha value is -3.37. The molecule has 2 atom stereocenters. The van der Waals surface area contributed by atoms with Gasteiger partial charge in [0.05, 0.1) is 16.5 Å². The number of pyridine rings is 1. The van der Waals surface area contributed by atoms with Crippen LogP contribution in [0.2, 0.25) is 0 Å². The summed E-state index contributed by atoms with van der Waals surface area (Å²) in [5, 5.41) is 11.1. The van der Waals surface area contributed by atoms with Crippen LogP contribution in [0, 0.1) is 0 Å². The van der Waals surface area contributed by atoms with Crippen LogP contribution >= 0.6 is 0 Å². The summed E-state index contributed by atoms with van der Waals surface area (Å²) < 4.78 is 21.4. The zero-order chi connectivity index (χ0) is 29.6. The summed E-state index contributed by atoms with van der Waals surface area (Å²) in [5.41, 5.74) is 5.52. The molecule has 1 N–H and O–H groups in total. The summed E-state index contributed by atoms with van der Waals surface area (Å²) >= 11 is 0. The van der Waals surface area contributed by atoms with Crippen molar-refractivity contribution in [1.29, 1.82) is 0 Å². The maximum absolute atomic E-state index is 13.8. The molecule has 0 spiro atoms. The van der Waals surface area contributed by atoms with Crippen molar-refractivity contribution < 1.29 is 18.5 Å². The van der Waals surface area contributed by atoms with Crippen LogP contribution in [0.1, 0.15) is 54.8 Å². The lowest BCUT2D eigenvalue weighted by Gasteiger charge is -2.32. The number of nitrogens with zero attached hydrogens (tertiary/aromatic N) is 4. The van der Waals surface area contributed by atoms with Gasteiger partial charge in [-0.25, -0.2) is 13.5 Å². The van der Waals surface area contributed by atoms with Crippen molar-refractivity contribution in [2.24, 2.45) is 0 Å². The average Bonchev–Trinajstić information content (AvgIpc) is 3.58. The third-order valence-electron chi connectivity index (χ3n) is 8.15. The average molecular weight is 587 g/mol. The van der Waals surface area contributed by atoms with Gasteiger partial charge < -0.3 is 19.3 Å². The number of benzene rings is 2. The van der Waals surface area contributed by atoms with Gasteiger partial charge in [-0.2, -0.15) is 0 Å². The number of aliphatic hydroxyl groups excluding tert-OH is 1. The van der Waals surface area contributed by atoms with E-state index in [4.69, 9.17) is 9.40 Å². The molecule has 4 aromatic rings. The van der Waals surface area contributed by atoms with E-state index in [1.54, 1.807) is 0 Å². The predicted molar refractivity (Wildman–Crippen MR) is 166 cm³/mol. The number of fused-ring (bicyclic) bond motifs is 2. The molecule has 2 aliphatic heterocycles. The van der Waals surface area contributed by atoms with Gasteiger partial charge in [-0.15, -0.1) is 0 Å². The summed E-state index contributed by atoms with van der Waals surface area (Å²) in [6.07, 6.45) is 0.415. The Kier molecular flexibility index (Phi) is 7.78. The standard InChI is InChI=1S/C33H38N4O4S/c1-33(2,3)42(40)37-21-25-19-26(32(39)36-15-13-35(4)14-16-36)34-31(30(25)27(37)12-17-38)24-10-7-9-22(18-24)29-20-23-8-5-6-11-28(23)41-29/h5-11,18-20,27,38H,12-17,21H2,1-4H3/t27-,42?/m0/s1. The maximum atomic E-state index is 13.8. The zero-order valence-electron chi connectivity index (χ0n) is 24.7. The van der Waals surface area contributed by atoms with Crippen LogP contribution in [-0.2, 0) is 17.5 Å². The molecule has 0 saturated carbocycles. The molecule has 9 heteroatoms. The monoisotopic (exact) mass is 586 g/mol. The second kappa shape index (κ2) is 11.4. The Balaban J connectivity index is 1.48. The molecule has 4 heterocycles. The van der Waals surface area contributed by atoms with Gasteiger partial charge in [0.15, 0.2) is 0 Å². The normalized spacial score (nSPS) is 18.9. The number of hydrogen-bond donors (Lipinski definition) is 1. The van der Waals surface area contributed by atoms with E-state index >= 15 is 0 Å². The molecule has 2 aromatic heterocycles. The van der Waals surface area contributed by atoms with Crippen molar-refractivity contribution in [1.82, 2.24) is 19.1 Å². The lowest BCUT2D eigenvalue weighted by atomic mass is 9.94. The third-order valence-corrected chi connectivity index (χ3v) is 10.0. The van der Waals surface area contributed by atoms with E-state index in [-0.39, 0.29) is 18.6 Å². The van der Waals surface area contributed by atoms with Crippen LogP contribution < -0.4 is 0 Å². The van der Waals surface area contributed by atoms with Crippen LogP contribution in [0.15, 0.2) is 65.1 Å². The predicted octanol–water partition coefficient (Wildman–Crippen LogP) is 5.25. The number of likely N-dealkylation sites (N-methyl/N-ethyl adjacent to an activating group) is 1. The third kappa shape index (κ3) is 5.42. The largest absolute Gasteiger partial charge is 0.456 e. The summed E-state index contributed by atoms with van der Waals surface area (Å²) in [5.74, 6) is 0.663. The van der Waals surface area contributed by atoms with Crippen molar-refractivity contribution in [3.05, 3.63) is 77.5 Å². The first kappa shape index (κ1) is 28.7. The number of aliphatic hydroxyl groups is 1. The highest BCUT2D eigenvalue weighted by Crippen LogP contribution is 2.44. The summed E-state index contributed by atoms with van der Waals surface area (Å²) in [4.78, 5) is 22.9. The molecule has 1 saturated heterocycles. The van der Waals surface area contributed by atoms with Gasteiger partial charge in [0.2, 0.25) is 0 Å². The maximum Gasteiger partial charge on any atom is 0.272 e. The minimum absolute atomic E-state index is 0.0532. The highest BCUT2D eigenvalue weighted by atomic mass is 32.2. The number of aromatic nitrogens is 1. The van der Waals surface area contributed by atoms with Gasteiger partial charge in [0.25, 0.3) is 5.91 Å². The van der Waals surface area contributed by atoms with Gasteiger partial charge >= 0.3 is 0 Å². The fourth-order valence-corrected chi connectivity index (χ4v) is 7.32. The number of carbonyl (C=O) groups is 1. The van der Waals surface area contributed by atoms with E-state index in [0.29, 0.717) is 37.4 Å². The molecule has 1 unspecified atom stereocenters. The van der Waals surface area contributed by atoms with Crippen LogP contribution in [0.4, 0.5) is 0 Å². The first-order valence-corrected chi connectivity index (χ1v) is 15.6. The minimum Gasteiger partial charge on any atom is -0.456 e. The first-order chi connectivity index (χ1) is 20.1. The number of rotatable bonds is 6. The number of carbonyl (C=O) groups excluding carboxylic acids is 1. The molecular weight excluding hydrogens is 548 g/mol. The van der Waals surface area contributed by atoms with Gasteiger partial charge in [-0.1, -0.05) is 36.4 Å². The van der Waals surface area contributed by atoms with Crippen molar-refractivity contribution >= 4 is 27.9 Å². The lowest BCUT2D eigenvalue weighted by molar-refractivity contribution is 0.0658. The molecule has 2 aromatic carbocycles. The molecule has 8 nitrogen and oxygen atoms in total. The molecule has 42 heavy (non-hydrogen) atoms.